The lowest BCUT2D eigenvalue weighted by Crippen LogP contribution is -2.30. The van der Waals surface area contributed by atoms with E-state index in [0.717, 1.165) is 29.3 Å². The maximum absolute atomic E-state index is 9.60. The van der Waals surface area contributed by atoms with Crippen LogP contribution in [-0.4, -0.2) is 0 Å². The van der Waals surface area contributed by atoms with Gasteiger partial charge in [0.05, 0.1) is 11.5 Å². The molecule has 0 heterocycles. The Balaban J connectivity index is 2.14. The number of hydrogen-bond donors (Lipinski definition) is 0. The number of benzene rings is 1. The molecule has 1 aliphatic rings. The van der Waals surface area contributed by atoms with Crippen LogP contribution in [0.5, 0.6) is 0 Å². The molecule has 1 nitrogen and oxygen atoms in total. The van der Waals surface area contributed by atoms with Gasteiger partial charge < -0.3 is 0 Å². The maximum Gasteiger partial charge on any atom is 0.0822 e. The minimum Gasteiger partial charge on any atom is -0.197 e. The summed E-state index contributed by atoms with van der Waals surface area (Å²) < 4.78 is 0. The minimum absolute atomic E-state index is 0.269. The summed E-state index contributed by atoms with van der Waals surface area (Å²) in [4.78, 5) is 0. The van der Waals surface area contributed by atoms with E-state index in [-0.39, 0.29) is 5.41 Å². The Bertz CT molecular complexity index is 421. The lowest BCUT2D eigenvalue weighted by Gasteiger charge is -2.35. The molecule has 0 saturated heterocycles. The highest BCUT2D eigenvalue weighted by Crippen LogP contribution is 2.42. The van der Waals surface area contributed by atoms with E-state index >= 15 is 0 Å². The summed E-state index contributed by atoms with van der Waals surface area (Å²) in [6.45, 7) is 2.24. The van der Waals surface area contributed by atoms with Crippen molar-refractivity contribution in [1.29, 1.82) is 5.26 Å². The fraction of sp³-hybridized carbons (Fsp3) is 0.562. The van der Waals surface area contributed by atoms with E-state index < -0.39 is 0 Å². The summed E-state index contributed by atoms with van der Waals surface area (Å²) >= 11 is 5.92. The van der Waals surface area contributed by atoms with Crippen LogP contribution < -0.4 is 0 Å². The standard InChI is InChI=1S/C16H20ClN/c1-2-3-13-8-10-16(12-18,11-9-13)14-4-6-15(17)7-5-14/h4-7,13H,2-3,8-11H2,1H3/t13-,16+. The number of nitriles is 1. The van der Waals surface area contributed by atoms with E-state index in [1.165, 1.54) is 25.7 Å². The molecule has 96 valence electrons. The lowest BCUT2D eigenvalue weighted by atomic mass is 9.67. The van der Waals surface area contributed by atoms with Crippen LogP contribution in [0.25, 0.3) is 0 Å². The zero-order chi connectivity index (χ0) is 13.0. The average molecular weight is 262 g/mol. The SMILES string of the molecule is CCC[C@H]1CC[C@@](C#N)(c2ccc(Cl)cc2)CC1. The highest BCUT2D eigenvalue weighted by Gasteiger charge is 2.36. The van der Waals surface area contributed by atoms with Crippen LogP contribution in [0.4, 0.5) is 0 Å². The normalized spacial score (nSPS) is 27.7. The van der Waals surface area contributed by atoms with Crippen LogP contribution in [0.15, 0.2) is 24.3 Å². The number of hydrogen-bond acceptors (Lipinski definition) is 1. The van der Waals surface area contributed by atoms with E-state index in [0.29, 0.717) is 0 Å². The second kappa shape index (κ2) is 5.76. The third-order valence-electron chi connectivity index (χ3n) is 4.27. The molecule has 0 N–H and O–H groups in total. The van der Waals surface area contributed by atoms with Crippen molar-refractivity contribution < 1.29 is 0 Å². The van der Waals surface area contributed by atoms with Crippen molar-refractivity contribution in [1.82, 2.24) is 0 Å². The molecular formula is C16H20ClN. The van der Waals surface area contributed by atoms with Crippen molar-refractivity contribution in [2.75, 3.05) is 0 Å². The van der Waals surface area contributed by atoms with Gasteiger partial charge in [0.2, 0.25) is 0 Å². The molecule has 0 unspecified atom stereocenters. The predicted octanol–water partition coefficient (Wildman–Crippen LogP) is 5.09. The monoisotopic (exact) mass is 261 g/mol. The Hall–Kier alpha value is -1.00. The summed E-state index contributed by atoms with van der Waals surface area (Å²) in [5.41, 5.74) is 0.874. The molecule has 18 heavy (non-hydrogen) atoms. The van der Waals surface area contributed by atoms with Crippen molar-refractivity contribution in [3.63, 3.8) is 0 Å². The summed E-state index contributed by atoms with van der Waals surface area (Å²) in [6, 6.07) is 10.4. The molecule has 0 spiro atoms. The van der Waals surface area contributed by atoms with Gasteiger partial charge in [-0.25, -0.2) is 0 Å². The lowest BCUT2D eigenvalue weighted by molar-refractivity contribution is 0.265. The zero-order valence-corrected chi connectivity index (χ0v) is 11.7. The van der Waals surface area contributed by atoms with Gasteiger partial charge in [-0.1, -0.05) is 43.5 Å². The highest BCUT2D eigenvalue weighted by atomic mass is 35.5. The Morgan fingerprint density at radius 2 is 1.89 bits per heavy atom. The van der Waals surface area contributed by atoms with Crippen LogP contribution in [0.1, 0.15) is 51.0 Å². The fourth-order valence-corrected chi connectivity index (χ4v) is 3.23. The van der Waals surface area contributed by atoms with Gasteiger partial charge in [-0.2, -0.15) is 5.26 Å². The third kappa shape index (κ3) is 2.70. The molecule has 1 fully saturated rings. The van der Waals surface area contributed by atoms with Crippen LogP contribution >= 0.6 is 11.6 Å². The Kier molecular flexibility index (Phi) is 4.30. The van der Waals surface area contributed by atoms with Gasteiger partial charge >= 0.3 is 0 Å². The number of rotatable bonds is 3. The summed E-state index contributed by atoms with van der Waals surface area (Å²) in [5.74, 6) is 0.823. The van der Waals surface area contributed by atoms with E-state index in [1.807, 2.05) is 24.3 Å². The van der Waals surface area contributed by atoms with Crippen molar-refractivity contribution in [3.05, 3.63) is 34.9 Å². The van der Waals surface area contributed by atoms with Crippen molar-refractivity contribution in [2.45, 2.75) is 50.9 Å². The summed E-state index contributed by atoms with van der Waals surface area (Å²) in [6.07, 6.45) is 6.92. The Morgan fingerprint density at radius 3 is 2.39 bits per heavy atom. The first-order valence-corrected chi connectivity index (χ1v) is 7.25. The molecule has 1 aliphatic carbocycles. The van der Waals surface area contributed by atoms with Gasteiger partial charge in [-0.3, -0.25) is 0 Å². The predicted molar refractivity (Wildman–Crippen MR) is 75.6 cm³/mol. The molecule has 1 saturated carbocycles. The molecule has 2 heteroatoms. The molecule has 1 aromatic carbocycles. The third-order valence-corrected chi connectivity index (χ3v) is 4.52. The molecular weight excluding hydrogens is 242 g/mol. The molecule has 2 rings (SSSR count). The first kappa shape index (κ1) is 13.4. The Morgan fingerprint density at radius 1 is 1.28 bits per heavy atom. The molecule has 0 aliphatic heterocycles. The molecule has 1 aromatic rings. The van der Waals surface area contributed by atoms with Crippen LogP contribution in [-0.2, 0) is 5.41 Å². The first-order valence-electron chi connectivity index (χ1n) is 6.87. The molecule has 0 amide bonds. The quantitative estimate of drug-likeness (QED) is 0.743. The average Bonchev–Trinajstić information content (AvgIpc) is 2.41. The summed E-state index contributed by atoms with van der Waals surface area (Å²) in [5, 5.41) is 10.3. The van der Waals surface area contributed by atoms with Crippen LogP contribution in [0.3, 0.4) is 0 Å². The van der Waals surface area contributed by atoms with Gasteiger partial charge in [-0.15, -0.1) is 0 Å². The second-order valence-corrected chi connectivity index (χ2v) is 5.87. The molecule has 0 bridgehead atoms. The number of halogens is 1. The topological polar surface area (TPSA) is 23.8 Å². The molecule has 0 aromatic heterocycles. The molecule has 0 atom stereocenters. The Labute approximate surface area is 115 Å². The van der Waals surface area contributed by atoms with Gasteiger partial charge in [0.25, 0.3) is 0 Å². The zero-order valence-electron chi connectivity index (χ0n) is 11.0. The molecule has 0 radical (unpaired) electrons. The maximum atomic E-state index is 9.60. The van der Waals surface area contributed by atoms with Gasteiger partial charge in [0.1, 0.15) is 0 Å². The van der Waals surface area contributed by atoms with Crippen LogP contribution in [0.2, 0.25) is 5.02 Å². The van der Waals surface area contributed by atoms with E-state index in [4.69, 9.17) is 11.6 Å². The van der Waals surface area contributed by atoms with E-state index in [2.05, 4.69) is 13.0 Å². The largest absolute Gasteiger partial charge is 0.197 e. The van der Waals surface area contributed by atoms with Crippen LogP contribution in [0, 0.1) is 17.2 Å². The van der Waals surface area contributed by atoms with Crippen molar-refractivity contribution in [3.8, 4) is 6.07 Å². The second-order valence-electron chi connectivity index (χ2n) is 5.43. The minimum atomic E-state index is -0.269. The number of nitrogens with zero attached hydrogens (tertiary/aromatic N) is 1. The van der Waals surface area contributed by atoms with Crippen molar-refractivity contribution >= 4 is 11.6 Å². The van der Waals surface area contributed by atoms with Gasteiger partial charge in [0, 0.05) is 5.02 Å². The van der Waals surface area contributed by atoms with Crippen molar-refractivity contribution in [2.24, 2.45) is 5.92 Å². The van der Waals surface area contributed by atoms with Gasteiger partial charge in [0.15, 0.2) is 0 Å². The smallest absolute Gasteiger partial charge is 0.0822 e. The fourth-order valence-electron chi connectivity index (χ4n) is 3.10. The highest BCUT2D eigenvalue weighted by molar-refractivity contribution is 6.30. The van der Waals surface area contributed by atoms with E-state index in [9.17, 15) is 5.26 Å². The van der Waals surface area contributed by atoms with Gasteiger partial charge in [-0.05, 0) is 49.3 Å². The van der Waals surface area contributed by atoms with E-state index in [1.54, 1.807) is 0 Å². The summed E-state index contributed by atoms with van der Waals surface area (Å²) in [7, 11) is 0. The first-order chi connectivity index (χ1) is 8.70.